The van der Waals surface area contributed by atoms with Gasteiger partial charge in [0.2, 0.25) is 5.91 Å². The second-order valence-corrected chi connectivity index (χ2v) is 5.32. The quantitative estimate of drug-likeness (QED) is 0.834. The summed E-state index contributed by atoms with van der Waals surface area (Å²) in [6.45, 7) is 0. The van der Waals surface area contributed by atoms with E-state index >= 15 is 0 Å². The third-order valence-corrected chi connectivity index (χ3v) is 4.13. The van der Waals surface area contributed by atoms with Crippen molar-refractivity contribution in [3.8, 4) is 0 Å². The lowest BCUT2D eigenvalue weighted by molar-refractivity contribution is -0.313. The number of nitrogens with one attached hydrogen (secondary N) is 1. The summed E-state index contributed by atoms with van der Waals surface area (Å²) < 4.78 is 13.1. The average Bonchev–Trinajstić information content (AvgIpc) is 2.98. The summed E-state index contributed by atoms with van der Waals surface area (Å²) in [7, 11) is 0. The van der Waals surface area contributed by atoms with Gasteiger partial charge in [-0.3, -0.25) is 4.79 Å². The third-order valence-electron chi connectivity index (χ3n) is 4.13. The molecule has 20 heavy (non-hydrogen) atoms. The average molecular weight is 274 g/mol. The molecule has 5 heteroatoms. The van der Waals surface area contributed by atoms with Crippen LogP contribution >= 0.6 is 0 Å². The summed E-state index contributed by atoms with van der Waals surface area (Å²) in [5.74, 6) is -3.67. The van der Waals surface area contributed by atoms with Crippen molar-refractivity contribution in [1.82, 2.24) is 0 Å². The molecule has 2 aliphatic rings. The molecule has 1 saturated carbocycles. The molecular weight excluding hydrogens is 261 g/mol. The lowest BCUT2D eigenvalue weighted by Gasteiger charge is -2.27. The third kappa shape index (κ3) is 2.09. The van der Waals surface area contributed by atoms with E-state index in [1.165, 1.54) is 18.2 Å². The number of carboxylic acid groups (broad SMARTS) is 1. The number of fused-ring (bicyclic) bond motifs is 2. The van der Waals surface area contributed by atoms with Gasteiger partial charge in [-0.15, -0.1) is 0 Å². The molecule has 1 N–H and O–H groups in total. The topological polar surface area (TPSA) is 69.2 Å². The van der Waals surface area contributed by atoms with E-state index in [0.29, 0.717) is 12.1 Å². The van der Waals surface area contributed by atoms with E-state index in [1.807, 2.05) is 12.2 Å². The van der Waals surface area contributed by atoms with Gasteiger partial charge in [0.1, 0.15) is 5.82 Å². The van der Waals surface area contributed by atoms with Crippen LogP contribution in [0.4, 0.5) is 10.1 Å². The van der Waals surface area contributed by atoms with E-state index in [2.05, 4.69) is 5.32 Å². The Morgan fingerprint density at radius 1 is 1.20 bits per heavy atom. The van der Waals surface area contributed by atoms with Gasteiger partial charge < -0.3 is 15.2 Å². The number of hydrogen-bond acceptors (Lipinski definition) is 3. The smallest absolute Gasteiger partial charge is 0.228 e. The number of hydrogen-bond donors (Lipinski definition) is 1. The van der Waals surface area contributed by atoms with E-state index in [-0.39, 0.29) is 17.7 Å². The van der Waals surface area contributed by atoms with Gasteiger partial charge >= 0.3 is 0 Å². The van der Waals surface area contributed by atoms with E-state index in [9.17, 15) is 19.1 Å². The molecule has 0 spiro atoms. The second kappa shape index (κ2) is 4.74. The van der Waals surface area contributed by atoms with Crippen molar-refractivity contribution < 1.29 is 19.1 Å². The maximum Gasteiger partial charge on any atom is 0.228 e. The first-order chi connectivity index (χ1) is 9.56. The number of allylic oxidation sites excluding steroid dienone is 2. The fourth-order valence-corrected chi connectivity index (χ4v) is 3.29. The Hall–Kier alpha value is -2.17. The standard InChI is InChI=1S/C15H14FNO3/c16-10-2-1-3-11(7-10)17-14(18)12-8-4-5-9(6-8)13(12)15(19)20/h1-5,7-9,12-13H,6H2,(H,17,18)(H,19,20)/p-1/t8-,9-,12+,13+/m0/s1. The Kier molecular flexibility index (Phi) is 3.04. The summed E-state index contributed by atoms with van der Waals surface area (Å²) in [6, 6.07) is 5.54. The molecule has 1 amide bonds. The number of carboxylic acids is 1. The van der Waals surface area contributed by atoms with Crippen LogP contribution in [0.15, 0.2) is 36.4 Å². The first kappa shape index (κ1) is 12.8. The maximum atomic E-state index is 13.1. The van der Waals surface area contributed by atoms with Crippen LogP contribution in [0.5, 0.6) is 0 Å². The highest BCUT2D eigenvalue weighted by Gasteiger charge is 2.48. The number of carbonyl (C=O) groups is 2. The Morgan fingerprint density at radius 3 is 2.55 bits per heavy atom. The monoisotopic (exact) mass is 274 g/mol. The molecule has 4 nitrogen and oxygen atoms in total. The second-order valence-electron chi connectivity index (χ2n) is 5.32. The van der Waals surface area contributed by atoms with Crippen molar-refractivity contribution in [3.05, 3.63) is 42.2 Å². The molecule has 1 fully saturated rings. The van der Waals surface area contributed by atoms with Crippen molar-refractivity contribution in [2.45, 2.75) is 6.42 Å². The van der Waals surface area contributed by atoms with Crippen LogP contribution in [0.2, 0.25) is 0 Å². The molecule has 1 aromatic carbocycles. The van der Waals surface area contributed by atoms with Gasteiger partial charge in [0.15, 0.2) is 0 Å². The zero-order chi connectivity index (χ0) is 14.3. The van der Waals surface area contributed by atoms with Crippen LogP contribution < -0.4 is 10.4 Å². The van der Waals surface area contributed by atoms with Gasteiger partial charge in [-0.1, -0.05) is 18.2 Å². The van der Waals surface area contributed by atoms with E-state index in [1.54, 1.807) is 6.07 Å². The minimum Gasteiger partial charge on any atom is -0.550 e. The molecule has 0 aliphatic heterocycles. The minimum atomic E-state index is -1.19. The largest absolute Gasteiger partial charge is 0.550 e. The van der Waals surface area contributed by atoms with Crippen molar-refractivity contribution in [3.63, 3.8) is 0 Å². The normalized spacial score (nSPS) is 30.4. The van der Waals surface area contributed by atoms with Crippen molar-refractivity contribution in [2.75, 3.05) is 5.32 Å². The molecule has 0 heterocycles. The molecular formula is C15H13FNO3-. The Bertz CT molecular complexity index is 599. The van der Waals surface area contributed by atoms with Crippen molar-refractivity contribution in [1.29, 1.82) is 0 Å². The molecule has 0 aromatic heterocycles. The predicted molar refractivity (Wildman–Crippen MR) is 67.8 cm³/mol. The van der Waals surface area contributed by atoms with Gasteiger partial charge in [0, 0.05) is 17.6 Å². The zero-order valence-electron chi connectivity index (χ0n) is 10.6. The highest BCUT2D eigenvalue weighted by atomic mass is 19.1. The fourth-order valence-electron chi connectivity index (χ4n) is 3.29. The van der Waals surface area contributed by atoms with Gasteiger partial charge in [0.05, 0.1) is 5.92 Å². The Labute approximate surface area is 115 Å². The summed E-state index contributed by atoms with van der Waals surface area (Å²) in [4.78, 5) is 23.5. The number of halogens is 1. The van der Waals surface area contributed by atoms with Crippen molar-refractivity contribution >= 4 is 17.6 Å². The molecule has 0 radical (unpaired) electrons. The lowest BCUT2D eigenvalue weighted by Crippen LogP contribution is -2.42. The fraction of sp³-hybridized carbons (Fsp3) is 0.333. The van der Waals surface area contributed by atoms with Gasteiger partial charge in [-0.2, -0.15) is 0 Å². The number of rotatable bonds is 3. The molecule has 2 bridgehead atoms. The first-order valence-electron chi connectivity index (χ1n) is 6.52. The molecule has 0 unspecified atom stereocenters. The number of carbonyl (C=O) groups excluding carboxylic acids is 2. The number of anilines is 1. The van der Waals surface area contributed by atoms with Crippen LogP contribution in [-0.4, -0.2) is 11.9 Å². The van der Waals surface area contributed by atoms with Crippen LogP contribution in [-0.2, 0) is 9.59 Å². The van der Waals surface area contributed by atoms with Gasteiger partial charge in [-0.05, 0) is 36.5 Å². The highest BCUT2D eigenvalue weighted by molar-refractivity contribution is 5.96. The first-order valence-corrected chi connectivity index (χ1v) is 6.52. The van der Waals surface area contributed by atoms with Crippen molar-refractivity contribution in [2.24, 2.45) is 23.7 Å². The lowest BCUT2D eigenvalue weighted by atomic mass is 9.82. The maximum absolute atomic E-state index is 13.1. The summed E-state index contributed by atoms with van der Waals surface area (Å²) >= 11 is 0. The predicted octanol–water partition coefficient (Wildman–Crippen LogP) is 0.952. The van der Waals surface area contributed by atoms with Gasteiger partial charge in [-0.25, -0.2) is 4.39 Å². The SMILES string of the molecule is O=C([O-])[C@H]1[C@H](C(=O)Nc2cccc(F)c2)[C@H]2C=C[C@H]1C2. The minimum absolute atomic E-state index is 0.0727. The van der Waals surface area contributed by atoms with Crippen LogP contribution in [0.3, 0.4) is 0 Å². The summed E-state index contributed by atoms with van der Waals surface area (Å²) in [5, 5.41) is 13.8. The molecule has 2 aliphatic carbocycles. The van der Waals surface area contributed by atoms with E-state index in [0.717, 1.165) is 0 Å². The molecule has 0 saturated heterocycles. The Morgan fingerprint density at radius 2 is 1.90 bits per heavy atom. The van der Waals surface area contributed by atoms with E-state index in [4.69, 9.17) is 0 Å². The number of amides is 1. The summed E-state index contributed by atoms with van der Waals surface area (Å²) in [5.41, 5.74) is 0.332. The molecule has 1 aromatic rings. The van der Waals surface area contributed by atoms with Crippen LogP contribution in [0.25, 0.3) is 0 Å². The molecule has 3 rings (SSSR count). The van der Waals surface area contributed by atoms with Crippen LogP contribution in [0.1, 0.15) is 6.42 Å². The number of benzene rings is 1. The highest BCUT2D eigenvalue weighted by Crippen LogP contribution is 2.48. The van der Waals surface area contributed by atoms with E-state index < -0.39 is 23.6 Å². The van der Waals surface area contributed by atoms with Crippen LogP contribution in [0, 0.1) is 29.5 Å². The zero-order valence-corrected chi connectivity index (χ0v) is 10.6. The molecule has 4 atom stereocenters. The Balaban J connectivity index is 1.80. The number of aliphatic carboxylic acids is 1. The summed E-state index contributed by atoms with van der Waals surface area (Å²) in [6.07, 6.45) is 4.40. The van der Waals surface area contributed by atoms with Gasteiger partial charge in [0.25, 0.3) is 0 Å². The molecule has 104 valence electrons.